The van der Waals surface area contributed by atoms with Gasteiger partial charge in [0.25, 0.3) is 5.91 Å². The van der Waals surface area contributed by atoms with Crippen molar-refractivity contribution in [2.45, 2.75) is 26.3 Å². The molecule has 134 valence electrons. The van der Waals surface area contributed by atoms with Crippen LogP contribution in [0.25, 0.3) is 10.8 Å². The Bertz CT molecular complexity index is 920. The zero-order chi connectivity index (χ0) is 17.9. The third-order valence-electron chi connectivity index (χ3n) is 4.91. The summed E-state index contributed by atoms with van der Waals surface area (Å²) in [6.07, 6.45) is 2.58. The van der Waals surface area contributed by atoms with Crippen molar-refractivity contribution in [1.29, 1.82) is 0 Å². The lowest BCUT2D eigenvalue weighted by Gasteiger charge is -2.30. The van der Waals surface area contributed by atoms with Crippen LogP contribution in [-0.4, -0.2) is 28.9 Å². The first-order valence-corrected chi connectivity index (χ1v) is 10.0. The van der Waals surface area contributed by atoms with Gasteiger partial charge >= 0.3 is 0 Å². The summed E-state index contributed by atoms with van der Waals surface area (Å²) in [7, 11) is 0. The lowest BCUT2D eigenvalue weighted by molar-refractivity contribution is 0.102. The molecule has 1 atom stereocenters. The van der Waals surface area contributed by atoms with Crippen LogP contribution in [-0.2, 0) is 6.54 Å². The smallest absolute Gasteiger partial charge is 0.257 e. The maximum atomic E-state index is 12.5. The number of likely N-dealkylation sites (tertiary alicyclic amines) is 1. The van der Waals surface area contributed by atoms with Crippen molar-refractivity contribution >= 4 is 33.1 Å². The normalized spacial score (nSPS) is 18.1. The second-order valence-electron chi connectivity index (χ2n) is 7.14. The first kappa shape index (κ1) is 17.2. The Morgan fingerprint density at radius 1 is 1.27 bits per heavy atom. The molecule has 2 aromatic carbocycles. The molecule has 1 amide bonds. The number of hydrogen-bond donors (Lipinski definition) is 1. The summed E-state index contributed by atoms with van der Waals surface area (Å²) in [6.45, 7) is 5.45. The third-order valence-corrected chi connectivity index (χ3v) is 5.72. The molecule has 0 unspecified atom stereocenters. The number of aromatic nitrogens is 1. The van der Waals surface area contributed by atoms with Gasteiger partial charge in [0.2, 0.25) is 0 Å². The summed E-state index contributed by atoms with van der Waals surface area (Å²) < 4.78 is 0. The molecule has 0 spiro atoms. The lowest BCUT2D eigenvalue weighted by Crippen LogP contribution is -2.33. The van der Waals surface area contributed by atoms with E-state index in [9.17, 15) is 4.79 Å². The van der Waals surface area contributed by atoms with E-state index < -0.39 is 0 Å². The Kier molecular flexibility index (Phi) is 5.00. The second-order valence-corrected chi connectivity index (χ2v) is 8.00. The predicted octanol–water partition coefficient (Wildman–Crippen LogP) is 4.78. The van der Waals surface area contributed by atoms with E-state index in [2.05, 4.69) is 27.5 Å². The number of anilines is 1. The van der Waals surface area contributed by atoms with E-state index in [1.54, 1.807) is 0 Å². The van der Waals surface area contributed by atoms with Crippen molar-refractivity contribution in [1.82, 2.24) is 9.88 Å². The highest BCUT2D eigenvalue weighted by Gasteiger charge is 2.17. The van der Waals surface area contributed by atoms with Crippen LogP contribution in [0, 0.1) is 5.92 Å². The van der Waals surface area contributed by atoms with Crippen LogP contribution in [0.4, 0.5) is 5.13 Å². The van der Waals surface area contributed by atoms with Crippen molar-refractivity contribution in [3.05, 3.63) is 59.1 Å². The largest absolute Gasteiger partial charge is 0.298 e. The van der Waals surface area contributed by atoms with Crippen LogP contribution in [0.2, 0.25) is 0 Å². The van der Waals surface area contributed by atoms with E-state index in [1.807, 2.05) is 42.5 Å². The molecular formula is C21H23N3OS. The molecule has 2 heterocycles. The molecule has 0 bridgehead atoms. The van der Waals surface area contributed by atoms with Crippen LogP contribution in [0.5, 0.6) is 0 Å². The molecule has 1 saturated heterocycles. The molecule has 3 aromatic rings. The average Bonchev–Trinajstić information content (AvgIpc) is 3.08. The molecular weight excluding hydrogens is 342 g/mol. The Balaban J connectivity index is 1.42. The van der Waals surface area contributed by atoms with Gasteiger partial charge in [0.05, 0.1) is 5.69 Å². The minimum atomic E-state index is -0.108. The number of benzene rings is 2. The van der Waals surface area contributed by atoms with Gasteiger partial charge in [0, 0.05) is 24.0 Å². The fraction of sp³-hybridized carbons (Fsp3) is 0.333. The first-order chi connectivity index (χ1) is 12.7. The molecule has 1 aromatic heterocycles. The Morgan fingerprint density at radius 3 is 2.96 bits per heavy atom. The molecule has 1 fully saturated rings. The van der Waals surface area contributed by atoms with E-state index >= 15 is 0 Å². The number of nitrogens with one attached hydrogen (secondary N) is 1. The van der Waals surface area contributed by atoms with Gasteiger partial charge < -0.3 is 0 Å². The standard InChI is InChI=1S/C21H23N3OS/c1-15-5-4-10-24(12-15)13-19-14-26-21(22-19)23-20(25)18-9-8-16-6-2-3-7-17(16)11-18/h2-3,6-9,11,14-15H,4-5,10,12-13H2,1H3,(H,22,23,25)/t15-/m0/s1. The van der Waals surface area contributed by atoms with Crippen LogP contribution in [0.1, 0.15) is 35.8 Å². The van der Waals surface area contributed by atoms with Crippen LogP contribution < -0.4 is 5.32 Å². The molecule has 4 nitrogen and oxygen atoms in total. The number of fused-ring (bicyclic) bond motifs is 1. The Hall–Kier alpha value is -2.24. The number of hydrogen-bond acceptors (Lipinski definition) is 4. The Morgan fingerprint density at radius 2 is 2.12 bits per heavy atom. The van der Waals surface area contributed by atoms with Gasteiger partial charge in [-0.1, -0.05) is 37.3 Å². The minimum absolute atomic E-state index is 0.108. The van der Waals surface area contributed by atoms with Crippen molar-refractivity contribution in [2.24, 2.45) is 5.92 Å². The van der Waals surface area contributed by atoms with Crippen LogP contribution in [0.3, 0.4) is 0 Å². The molecule has 1 aliphatic rings. The zero-order valence-electron chi connectivity index (χ0n) is 14.9. The highest BCUT2D eigenvalue weighted by Crippen LogP contribution is 2.22. The highest BCUT2D eigenvalue weighted by atomic mass is 32.1. The van der Waals surface area contributed by atoms with Crippen molar-refractivity contribution in [3.8, 4) is 0 Å². The summed E-state index contributed by atoms with van der Waals surface area (Å²) in [5.41, 5.74) is 1.70. The molecule has 5 heteroatoms. The summed E-state index contributed by atoms with van der Waals surface area (Å²) in [5.74, 6) is 0.651. The fourth-order valence-corrected chi connectivity index (χ4v) is 4.29. The van der Waals surface area contributed by atoms with Crippen LogP contribution in [0.15, 0.2) is 47.8 Å². The zero-order valence-corrected chi connectivity index (χ0v) is 15.8. The average molecular weight is 366 g/mol. The maximum Gasteiger partial charge on any atom is 0.257 e. The third kappa shape index (κ3) is 3.94. The van der Waals surface area contributed by atoms with Gasteiger partial charge in [-0.05, 0) is 48.2 Å². The lowest BCUT2D eigenvalue weighted by atomic mass is 10.0. The van der Waals surface area contributed by atoms with Crippen molar-refractivity contribution in [2.75, 3.05) is 18.4 Å². The number of amides is 1. The molecule has 4 rings (SSSR count). The quantitative estimate of drug-likeness (QED) is 0.724. The topological polar surface area (TPSA) is 45.2 Å². The summed E-state index contributed by atoms with van der Waals surface area (Å²) in [6, 6.07) is 13.8. The SMILES string of the molecule is C[C@H]1CCCN(Cc2csc(NC(=O)c3ccc4ccccc4c3)n2)C1. The van der Waals surface area contributed by atoms with E-state index in [-0.39, 0.29) is 5.91 Å². The second kappa shape index (κ2) is 7.56. The van der Waals surface area contributed by atoms with E-state index in [1.165, 1.54) is 24.2 Å². The summed E-state index contributed by atoms with van der Waals surface area (Å²) in [5, 5.41) is 7.86. The first-order valence-electron chi connectivity index (χ1n) is 9.14. The van der Waals surface area contributed by atoms with Crippen molar-refractivity contribution < 1.29 is 4.79 Å². The van der Waals surface area contributed by atoms with Crippen molar-refractivity contribution in [3.63, 3.8) is 0 Å². The number of thiazole rings is 1. The molecule has 0 radical (unpaired) electrons. The van der Waals surface area contributed by atoms with Gasteiger partial charge in [0.15, 0.2) is 5.13 Å². The number of carbonyl (C=O) groups is 1. The van der Waals surface area contributed by atoms with Gasteiger partial charge in [-0.2, -0.15) is 0 Å². The molecule has 1 aliphatic heterocycles. The maximum absolute atomic E-state index is 12.5. The number of carbonyl (C=O) groups excluding carboxylic acids is 1. The fourth-order valence-electron chi connectivity index (χ4n) is 3.60. The van der Waals surface area contributed by atoms with E-state index in [0.717, 1.165) is 42.0 Å². The highest BCUT2D eigenvalue weighted by molar-refractivity contribution is 7.14. The Labute approximate surface area is 157 Å². The number of rotatable bonds is 4. The minimum Gasteiger partial charge on any atom is -0.298 e. The van der Waals surface area contributed by atoms with Gasteiger partial charge in [-0.25, -0.2) is 4.98 Å². The number of piperidine rings is 1. The van der Waals surface area contributed by atoms with Gasteiger partial charge in [0.1, 0.15) is 0 Å². The molecule has 26 heavy (non-hydrogen) atoms. The van der Waals surface area contributed by atoms with E-state index in [0.29, 0.717) is 10.7 Å². The summed E-state index contributed by atoms with van der Waals surface area (Å²) >= 11 is 1.50. The number of nitrogens with zero attached hydrogens (tertiary/aromatic N) is 2. The summed E-state index contributed by atoms with van der Waals surface area (Å²) in [4.78, 5) is 19.6. The van der Waals surface area contributed by atoms with Gasteiger partial charge in [-0.3, -0.25) is 15.0 Å². The molecule has 0 saturated carbocycles. The van der Waals surface area contributed by atoms with E-state index in [4.69, 9.17) is 0 Å². The van der Waals surface area contributed by atoms with Crippen LogP contribution >= 0.6 is 11.3 Å². The molecule has 1 N–H and O–H groups in total. The predicted molar refractivity (Wildman–Crippen MR) is 108 cm³/mol. The monoisotopic (exact) mass is 365 g/mol. The molecule has 0 aliphatic carbocycles. The van der Waals surface area contributed by atoms with Gasteiger partial charge in [-0.15, -0.1) is 11.3 Å².